The third-order valence-electron chi connectivity index (χ3n) is 8.00. The van der Waals surface area contributed by atoms with Gasteiger partial charge in [0.25, 0.3) is 5.91 Å². The van der Waals surface area contributed by atoms with Crippen molar-refractivity contribution in [3.63, 3.8) is 0 Å². The molecule has 0 atom stereocenters. The largest absolute Gasteiger partial charge is 0.355 e. The second kappa shape index (κ2) is 12.8. The summed E-state index contributed by atoms with van der Waals surface area (Å²) in [5, 5.41) is 13.0. The molecule has 15 nitrogen and oxygen atoms in total. The van der Waals surface area contributed by atoms with Crippen LogP contribution in [0.5, 0.6) is 0 Å². The van der Waals surface area contributed by atoms with Gasteiger partial charge >= 0.3 is 6.03 Å². The minimum Gasteiger partial charge on any atom is -0.355 e. The van der Waals surface area contributed by atoms with Crippen LogP contribution in [0.4, 0.5) is 16.4 Å². The van der Waals surface area contributed by atoms with Crippen molar-refractivity contribution in [1.82, 2.24) is 49.6 Å². The molecule has 3 fully saturated rings. The molecule has 230 valence electrons. The molecule has 7 rings (SSSR count). The van der Waals surface area contributed by atoms with Gasteiger partial charge in [0.2, 0.25) is 0 Å². The Morgan fingerprint density at radius 1 is 0.705 bits per heavy atom. The monoisotopic (exact) mass is 600 g/mol. The summed E-state index contributed by atoms with van der Waals surface area (Å²) >= 11 is 0. The fourth-order valence-electron chi connectivity index (χ4n) is 5.48. The molecule has 0 bridgehead atoms. The highest BCUT2D eigenvalue weighted by Gasteiger charge is 2.24. The number of fused-ring (bicyclic) bond motifs is 2. The second-order valence-corrected chi connectivity index (χ2v) is 11.2. The number of aldehydes is 1. The minimum absolute atomic E-state index is 0.198. The van der Waals surface area contributed by atoms with Crippen molar-refractivity contribution in [3.8, 4) is 0 Å². The number of nitrogens with one attached hydrogen (secondary N) is 2. The Bertz CT molecular complexity index is 1710. The Labute approximate surface area is 254 Å². The topological polar surface area (TPSA) is 149 Å². The highest BCUT2D eigenvalue weighted by Crippen LogP contribution is 2.19. The zero-order valence-corrected chi connectivity index (χ0v) is 24.9. The van der Waals surface area contributed by atoms with E-state index in [0.29, 0.717) is 22.4 Å². The summed E-state index contributed by atoms with van der Waals surface area (Å²) in [6, 6.07) is 3.39. The average molecular weight is 601 g/mol. The number of carbonyl (C=O) groups is 3. The maximum Gasteiger partial charge on any atom is 0.326 e. The molecule has 3 aliphatic rings. The van der Waals surface area contributed by atoms with Crippen LogP contribution in [0.3, 0.4) is 0 Å². The first kappa shape index (κ1) is 29.2. The van der Waals surface area contributed by atoms with Crippen LogP contribution in [0, 0.1) is 0 Å². The van der Waals surface area contributed by atoms with Crippen molar-refractivity contribution < 1.29 is 14.4 Å². The number of amides is 3. The van der Waals surface area contributed by atoms with Crippen molar-refractivity contribution >= 4 is 47.2 Å². The van der Waals surface area contributed by atoms with E-state index in [1.165, 1.54) is 0 Å². The summed E-state index contributed by atoms with van der Waals surface area (Å²) in [5.41, 5.74) is 2.69. The normalized spacial score (nSPS) is 19.5. The lowest BCUT2D eigenvalue weighted by Gasteiger charge is -2.21. The maximum atomic E-state index is 11.7. The van der Waals surface area contributed by atoms with Crippen LogP contribution < -0.4 is 20.4 Å². The van der Waals surface area contributed by atoms with E-state index in [1.54, 1.807) is 27.5 Å². The average Bonchev–Trinajstić information content (AvgIpc) is 3.60. The zero-order valence-electron chi connectivity index (χ0n) is 24.9. The molecular formula is C29H36N12O3. The van der Waals surface area contributed by atoms with Gasteiger partial charge in [0.05, 0.1) is 18.0 Å². The number of hydrogen-bond donors (Lipinski definition) is 2. The van der Waals surface area contributed by atoms with Gasteiger partial charge in [-0.05, 0) is 58.2 Å². The first-order chi connectivity index (χ1) is 21.4. The van der Waals surface area contributed by atoms with Crippen molar-refractivity contribution in [3.05, 3.63) is 53.7 Å². The predicted molar refractivity (Wildman–Crippen MR) is 165 cm³/mol. The van der Waals surface area contributed by atoms with Gasteiger partial charge in [-0.25, -0.2) is 23.8 Å². The quantitative estimate of drug-likeness (QED) is 0.194. The third kappa shape index (κ3) is 6.38. The number of aromatic nitrogens is 6. The number of carbonyl (C=O) groups excluding carboxylic acids is 3. The molecule has 15 heteroatoms. The number of nitrogens with zero attached hydrogens (tertiary/aromatic N) is 10. The first-order valence-corrected chi connectivity index (χ1v) is 14.7. The van der Waals surface area contributed by atoms with E-state index in [4.69, 9.17) is 4.98 Å². The molecule has 0 spiro atoms. The molecule has 0 aliphatic carbocycles. The molecule has 0 radical (unpaired) electrons. The van der Waals surface area contributed by atoms with E-state index in [-0.39, 0.29) is 5.70 Å². The van der Waals surface area contributed by atoms with E-state index in [2.05, 4.69) is 59.5 Å². The highest BCUT2D eigenvalue weighted by molar-refractivity contribution is 6.14. The van der Waals surface area contributed by atoms with Crippen molar-refractivity contribution in [2.45, 2.75) is 12.8 Å². The van der Waals surface area contributed by atoms with Crippen LogP contribution in [0.2, 0.25) is 0 Å². The standard InChI is InChI=1S/C16H19N7O2.C13H17N5O/c1-21-4-2-5-22(8-7-21)13-3-6-23-14(19-13)11(10-17-23)9-12-15(24)20-16(25)18-12;1-16-4-2-5-17(8-7-16)12-3-6-18-13(15-12)11(10-19)9-14-18/h3,6,9-10H,2,4-5,7-8H2,1H3,(H2,18,20,24,25);3,6,9-10H,2,4-5,7-8H2,1H3/b12-9-;. The predicted octanol–water partition coefficient (Wildman–Crippen LogP) is 0.735. The molecule has 2 N–H and O–H groups in total. The lowest BCUT2D eigenvalue weighted by atomic mass is 10.2. The number of imide groups is 1. The number of likely N-dealkylation sites (N-methyl/N-ethyl adjacent to an activating group) is 2. The van der Waals surface area contributed by atoms with E-state index >= 15 is 0 Å². The molecule has 4 aromatic heterocycles. The van der Waals surface area contributed by atoms with Gasteiger partial charge in [-0.2, -0.15) is 10.2 Å². The summed E-state index contributed by atoms with van der Waals surface area (Å²) < 4.78 is 3.30. The summed E-state index contributed by atoms with van der Waals surface area (Å²) in [6.45, 7) is 8.06. The summed E-state index contributed by atoms with van der Waals surface area (Å²) in [5.74, 6) is 1.37. The molecule has 3 saturated heterocycles. The molecule has 0 saturated carbocycles. The number of anilines is 2. The molecule has 7 heterocycles. The number of rotatable bonds is 4. The zero-order chi connectivity index (χ0) is 30.6. The van der Waals surface area contributed by atoms with Gasteiger partial charge in [-0.15, -0.1) is 0 Å². The van der Waals surface area contributed by atoms with E-state index in [1.807, 2.05) is 24.5 Å². The fourth-order valence-corrected chi connectivity index (χ4v) is 5.48. The Morgan fingerprint density at radius 3 is 1.77 bits per heavy atom. The molecule has 44 heavy (non-hydrogen) atoms. The lowest BCUT2D eigenvalue weighted by Crippen LogP contribution is -2.29. The van der Waals surface area contributed by atoms with Gasteiger partial charge in [-0.3, -0.25) is 14.9 Å². The second-order valence-electron chi connectivity index (χ2n) is 11.2. The van der Waals surface area contributed by atoms with Gasteiger partial charge in [-0.1, -0.05) is 0 Å². The van der Waals surface area contributed by atoms with Crippen LogP contribution in [-0.4, -0.2) is 124 Å². The molecule has 3 amide bonds. The fraction of sp³-hybridized carbons (Fsp3) is 0.414. The Hall–Kier alpha value is -4.89. The van der Waals surface area contributed by atoms with E-state index < -0.39 is 11.9 Å². The molecule has 0 unspecified atom stereocenters. The molecule has 0 aromatic carbocycles. The van der Waals surface area contributed by atoms with E-state index in [9.17, 15) is 14.4 Å². The van der Waals surface area contributed by atoms with Gasteiger partial charge in [0, 0.05) is 57.2 Å². The number of hydrogen-bond acceptors (Lipinski definition) is 11. The smallest absolute Gasteiger partial charge is 0.326 e. The van der Waals surface area contributed by atoms with Crippen molar-refractivity contribution in [2.75, 3.05) is 76.3 Å². The summed E-state index contributed by atoms with van der Waals surface area (Å²) in [7, 11) is 4.27. The van der Waals surface area contributed by atoms with Crippen molar-refractivity contribution in [1.29, 1.82) is 0 Å². The van der Waals surface area contributed by atoms with Crippen LogP contribution in [-0.2, 0) is 4.79 Å². The maximum absolute atomic E-state index is 11.7. The molecule has 4 aromatic rings. The summed E-state index contributed by atoms with van der Waals surface area (Å²) in [4.78, 5) is 52.4. The molecule has 3 aliphatic heterocycles. The minimum atomic E-state index is -0.518. The number of urea groups is 1. The van der Waals surface area contributed by atoms with Crippen LogP contribution in [0.1, 0.15) is 28.8 Å². The first-order valence-electron chi connectivity index (χ1n) is 14.7. The summed E-state index contributed by atoms with van der Waals surface area (Å²) in [6.07, 6.45) is 11.5. The van der Waals surface area contributed by atoms with Crippen LogP contribution in [0.25, 0.3) is 17.4 Å². The van der Waals surface area contributed by atoms with Crippen LogP contribution >= 0.6 is 0 Å². The molecular weight excluding hydrogens is 564 g/mol. The van der Waals surface area contributed by atoms with Gasteiger partial charge in [0.15, 0.2) is 17.6 Å². The Balaban J connectivity index is 0.000000162. The SMILES string of the molecule is CN1CCCN(c2ccn3ncc(/C=C4\NC(=O)NC4=O)c3n2)CC1.CN1CCCN(c2ccn3ncc(C=O)c3n2)CC1. The van der Waals surface area contributed by atoms with Crippen molar-refractivity contribution in [2.24, 2.45) is 0 Å². The third-order valence-corrected chi connectivity index (χ3v) is 8.00. The van der Waals surface area contributed by atoms with Crippen LogP contribution in [0.15, 0.2) is 42.6 Å². The Morgan fingerprint density at radius 2 is 1.25 bits per heavy atom. The lowest BCUT2D eigenvalue weighted by molar-refractivity contribution is -0.115. The highest BCUT2D eigenvalue weighted by atomic mass is 16.2. The van der Waals surface area contributed by atoms with Gasteiger partial charge < -0.3 is 24.9 Å². The van der Waals surface area contributed by atoms with Gasteiger partial charge in [0.1, 0.15) is 17.3 Å². The Kier molecular flexibility index (Phi) is 8.47. The van der Waals surface area contributed by atoms with E-state index in [0.717, 1.165) is 83.1 Å².